The Labute approximate surface area is 95.4 Å². The zero-order valence-electron chi connectivity index (χ0n) is 9.87. The minimum Gasteiger partial charge on any atom is -0.359 e. The van der Waals surface area contributed by atoms with Gasteiger partial charge in [0.05, 0.1) is 11.4 Å². The molecule has 0 spiro atoms. The standard InChI is InChI=1S/C12H17N3O/c1-12(2)11(16)14-9-5-4-8(7-13)6-10(9)15(12)3/h4-6H,7,13H2,1-3H3,(H,14,16). The summed E-state index contributed by atoms with van der Waals surface area (Å²) in [5.74, 6) is 0.0167. The van der Waals surface area contributed by atoms with Crippen LogP contribution in [-0.2, 0) is 11.3 Å². The van der Waals surface area contributed by atoms with Crippen LogP contribution in [0.25, 0.3) is 0 Å². The summed E-state index contributed by atoms with van der Waals surface area (Å²) in [6.07, 6.45) is 0. The first-order valence-electron chi connectivity index (χ1n) is 5.35. The second-order valence-corrected chi connectivity index (χ2v) is 4.63. The lowest BCUT2D eigenvalue weighted by Crippen LogP contribution is -2.54. The molecule has 3 N–H and O–H groups in total. The lowest BCUT2D eigenvalue weighted by Gasteiger charge is -2.41. The summed E-state index contributed by atoms with van der Waals surface area (Å²) in [6, 6.07) is 5.86. The van der Waals surface area contributed by atoms with Crippen molar-refractivity contribution in [2.24, 2.45) is 5.73 Å². The van der Waals surface area contributed by atoms with E-state index in [1.165, 1.54) is 0 Å². The number of hydrogen-bond donors (Lipinski definition) is 2. The second kappa shape index (κ2) is 3.49. The van der Waals surface area contributed by atoms with Gasteiger partial charge in [0.2, 0.25) is 5.91 Å². The normalized spacial score (nSPS) is 18.0. The summed E-state index contributed by atoms with van der Waals surface area (Å²) in [5, 5.41) is 2.91. The molecular weight excluding hydrogens is 202 g/mol. The van der Waals surface area contributed by atoms with E-state index in [0.29, 0.717) is 6.54 Å². The average Bonchev–Trinajstić information content (AvgIpc) is 2.27. The highest BCUT2D eigenvalue weighted by Crippen LogP contribution is 2.35. The van der Waals surface area contributed by atoms with E-state index in [0.717, 1.165) is 16.9 Å². The van der Waals surface area contributed by atoms with Gasteiger partial charge in [-0.1, -0.05) is 6.07 Å². The first kappa shape index (κ1) is 11.0. The summed E-state index contributed by atoms with van der Waals surface area (Å²) >= 11 is 0. The maximum Gasteiger partial charge on any atom is 0.249 e. The number of hydrogen-bond acceptors (Lipinski definition) is 3. The molecule has 0 radical (unpaired) electrons. The predicted octanol–water partition coefficient (Wildman–Crippen LogP) is 1.31. The van der Waals surface area contributed by atoms with Crippen molar-refractivity contribution in [3.8, 4) is 0 Å². The fourth-order valence-corrected chi connectivity index (χ4v) is 1.82. The van der Waals surface area contributed by atoms with E-state index in [1.807, 2.05) is 44.0 Å². The Bertz CT molecular complexity index is 440. The van der Waals surface area contributed by atoms with E-state index in [1.54, 1.807) is 0 Å². The molecule has 0 unspecified atom stereocenters. The molecule has 4 nitrogen and oxygen atoms in total. The molecule has 0 fully saturated rings. The van der Waals surface area contributed by atoms with Gasteiger partial charge in [-0.25, -0.2) is 0 Å². The number of likely N-dealkylation sites (N-methyl/N-ethyl adjacent to an activating group) is 1. The van der Waals surface area contributed by atoms with Gasteiger partial charge in [-0.05, 0) is 31.5 Å². The number of nitrogens with one attached hydrogen (secondary N) is 1. The van der Waals surface area contributed by atoms with E-state index in [4.69, 9.17) is 5.73 Å². The molecule has 0 aliphatic carbocycles. The molecule has 1 aromatic rings. The molecule has 0 bridgehead atoms. The van der Waals surface area contributed by atoms with Crippen LogP contribution < -0.4 is 16.0 Å². The van der Waals surface area contributed by atoms with Crippen molar-refractivity contribution in [3.05, 3.63) is 23.8 Å². The monoisotopic (exact) mass is 219 g/mol. The van der Waals surface area contributed by atoms with Crippen LogP contribution in [0.3, 0.4) is 0 Å². The summed E-state index contributed by atoms with van der Waals surface area (Å²) < 4.78 is 0. The Morgan fingerprint density at radius 2 is 2.12 bits per heavy atom. The molecule has 0 atom stereocenters. The van der Waals surface area contributed by atoms with Crippen LogP contribution >= 0.6 is 0 Å². The van der Waals surface area contributed by atoms with Gasteiger partial charge in [-0.2, -0.15) is 0 Å². The van der Waals surface area contributed by atoms with E-state index >= 15 is 0 Å². The minimum atomic E-state index is -0.528. The molecule has 1 aliphatic rings. The number of benzene rings is 1. The molecule has 0 saturated carbocycles. The zero-order chi connectivity index (χ0) is 11.9. The van der Waals surface area contributed by atoms with Crippen molar-refractivity contribution in [2.45, 2.75) is 25.9 Å². The van der Waals surface area contributed by atoms with Crippen molar-refractivity contribution in [2.75, 3.05) is 17.3 Å². The van der Waals surface area contributed by atoms with E-state index in [9.17, 15) is 4.79 Å². The van der Waals surface area contributed by atoms with Gasteiger partial charge in [0.15, 0.2) is 0 Å². The summed E-state index contributed by atoms with van der Waals surface area (Å²) in [4.78, 5) is 13.9. The van der Waals surface area contributed by atoms with Gasteiger partial charge < -0.3 is 16.0 Å². The van der Waals surface area contributed by atoms with Crippen molar-refractivity contribution in [1.29, 1.82) is 0 Å². The molecule has 0 aromatic heterocycles. The smallest absolute Gasteiger partial charge is 0.249 e. The molecule has 1 aliphatic heterocycles. The van der Waals surface area contributed by atoms with E-state index in [2.05, 4.69) is 5.32 Å². The van der Waals surface area contributed by atoms with Gasteiger partial charge in [0.1, 0.15) is 5.54 Å². The van der Waals surface area contributed by atoms with Crippen LogP contribution in [0.15, 0.2) is 18.2 Å². The number of carbonyl (C=O) groups is 1. The van der Waals surface area contributed by atoms with Crippen molar-refractivity contribution in [1.82, 2.24) is 0 Å². The van der Waals surface area contributed by atoms with Crippen molar-refractivity contribution < 1.29 is 4.79 Å². The van der Waals surface area contributed by atoms with Crippen LogP contribution in [0.2, 0.25) is 0 Å². The molecule has 1 aromatic carbocycles. The Balaban J connectivity index is 2.52. The molecule has 1 amide bonds. The number of fused-ring (bicyclic) bond motifs is 1. The summed E-state index contributed by atoms with van der Waals surface area (Å²) in [7, 11) is 1.93. The fraction of sp³-hybridized carbons (Fsp3) is 0.417. The highest BCUT2D eigenvalue weighted by Gasteiger charge is 2.37. The summed E-state index contributed by atoms with van der Waals surface area (Å²) in [5.41, 5.74) is 8.03. The van der Waals surface area contributed by atoms with Crippen LogP contribution in [0.1, 0.15) is 19.4 Å². The number of anilines is 2. The first-order chi connectivity index (χ1) is 7.46. The molecule has 4 heteroatoms. The lowest BCUT2D eigenvalue weighted by molar-refractivity contribution is -0.120. The Kier molecular flexibility index (Phi) is 2.39. The van der Waals surface area contributed by atoms with Gasteiger partial charge in [-0.15, -0.1) is 0 Å². The minimum absolute atomic E-state index is 0.0167. The van der Waals surface area contributed by atoms with Crippen LogP contribution in [-0.4, -0.2) is 18.5 Å². The molecule has 0 saturated heterocycles. The van der Waals surface area contributed by atoms with Gasteiger partial charge in [0, 0.05) is 13.6 Å². The largest absolute Gasteiger partial charge is 0.359 e. The topological polar surface area (TPSA) is 58.4 Å². The molecule has 86 valence electrons. The van der Waals surface area contributed by atoms with Crippen LogP contribution in [0.4, 0.5) is 11.4 Å². The summed E-state index contributed by atoms with van der Waals surface area (Å²) in [6.45, 7) is 4.32. The van der Waals surface area contributed by atoms with Crippen LogP contribution in [0, 0.1) is 0 Å². The second-order valence-electron chi connectivity index (χ2n) is 4.63. The fourth-order valence-electron chi connectivity index (χ4n) is 1.82. The SMILES string of the molecule is CN1c2cc(CN)ccc2NC(=O)C1(C)C. The third-order valence-electron chi connectivity index (χ3n) is 3.30. The van der Waals surface area contributed by atoms with Crippen molar-refractivity contribution >= 4 is 17.3 Å². The number of nitrogens with zero attached hydrogens (tertiary/aromatic N) is 1. The van der Waals surface area contributed by atoms with E-state index < -0.39 is 5.54 Å². The van der Waals surface area contributed by atoms with Crippen molar-refractivity contribution in [3.63, 3.8) is 0 Å². The quantitative estimate of drug-likeness (QED) is 0.748. The predicted molar refractivity (Wildman–Crippen MR) is 65.4 cm³/mol. The first-order valence-corrected chi connectivity index (χ1v) is 5.35. The van der Waals surface area contributed by atoms with Gasteiger partial charge in [-0.3, -0.25) is 4.79 Å². The number of amides is 1. The highest BCUT2D eigenvalue weighted by molar-refractivity contribution is 6.06. The third kappa shape index (κ3) is 1.46. The Morgan fingerprint density at radius 1 is 1.44 bits per heavy atom. The Hall–Kier alpha value is -1.55. The maximum atomic E-state index is 11.9. The third-order valence-corrected chi connectivity index (χ3v) is 3.30. The van der Waals surface area contributed by atoms with Gasteiger partial charge in [0.25, 0.3) is 0 Å². The highest BCUT2D eigenvalue weighted by atomic mass is 16.2. The number of nitrogens with two attached hydrogens (primary N) is 1. The molecular formula is C12H17N3O. The number of carbonyl (C=O) groups excluding carboxylic acids is 1. The van der Waals surface area contributed by atoms with Gasteiger partial charge >= 0.3 is 0 Å². The Morgan fingerprint density at radius 3 is 2.75 bits per heavy atom. The molecule has 2 rings (SSSR count). The lowest BCUT2D eigenvalue weighted by atomic mass is 9.96. The average molecular weight is 219 g/mol. The van der Waals surface area contributed by atoms with Crippen LogP contribution in [0.5, 0.6) is 0 Å². The van der Waals surface area contributed by atoms with E-state index in [-0.39, 0.29) is 5.91 Å². The molecule has 16 heavy (non-hydrogen) atoms. The molecule has 1 heterocycles. The zero-order valence-corrected chi connectivity index (χ0v) is 9.87. The number of rotatable bonds is 1. The maximum absolute atomic E-state index is 11.9.